The molecule has 1 amide bonds. The van der Waals surface area contributed by atoms with Crippen LogP contribution in [0, 0.1) is 5.82 Å². The molecule has 19 heavy (non-hydrogen) atoms. The molecule has 2 rings (SSSR count). The van der Waals surface area contributed by atoms with Gasteiger partial charge in [0.25, 0.3) is 5.91 Å². The summed E-state index contributed by atoms with van der Waals surface area (Å²) in [6, 6.07) is 8.64. The molecule has 6 heteroatoms. The standard InChI is InChI=1S/C13H10BrFN2O2/c14-7-1-3-10(15)12(5-7)19-11-4-2-8(16)6-9(11)13(17)18/h1-6H,16H2,(H2,17,18). The molecule has 0 saturated carbocycles. The van der Waals surface area contributed by atoms with Crippen LogP contribution in [0.1, 0.15) is 10.4 Å². The van der Waals surface area contributed by atoms with E-state index in [4.69, 9.17) is 16.2 Å². The van der Waals surface area contributed by atoms with Gasteiger partial charge < -0.3 is 16.2 Å². The van der Waals surface area contributed by atoms with Crippen molar-refractivity contribution in [1.82, 2.24) is 0 Å². The van der Waals surface area contributed by atoms with Crippen LogP contribution in [-0.2, 0) is 0 Å². The second kappa shape index (κ2) is 5.27. The third kappa shape index (κ3) is 3.03. The normalized spacial score (nSPS) is 10.2. The Labute approximate surface area is 117 Å². The van der Waals surface area contributed by atoms with E-state index in [0.717, 1.165) is 0 Å². The Morgan fingerprint density at radius 2 is 1.89 bits per heavy atom. The molecule has 0 fully saturated rings. The number of amides is 1. The van der Waals surface area contributed by atoms with Crippen molar-refractivity contribution in [2.45, 2.75) is 0 Å². The summed E-state index contributed by atoms with van der Waals surface area (Å²) < 4.78 is 19.6. The number of primary amides is 1. The Hall–Kier alpha value is -2.08. The molecule has 0 aliphatic heterocycles. The molecular weight excluding hydrogens is 315 g/mol. The topological polar surface area (TPSA) is 78.3 Å². The number of anilines is 1. The number of hydrogen-bond acceptors (Lipinski definition) is 3. The summed E-state index contributed by atoms with van der Waals surface area (Å²) in [5.74, 6) is -1.10. The lowest BCUT2D eigenvalue weighted by molar-refractivity contribution is 0.0998. The first-order valence-electron chi connectivity index (χ1n) is 5.29. The zero-order chi connectivity index (χ0) is 14.0. The Bertz CT molecular complexity index is 647. The summed E-state index contributed by atoms with van der Waals surface area (Å²) in [5.41, 5.74) is 11.3. The van der Waals surface area contributed by atoms with Gasteiger partial charge in [0.15, 0.2) is 11.6 Å². The highest BCUT2D eigenvalue weighted by Crippen LogP contribution is 2.30. The van der Waals surface area contributed by atoms with Gasteiger partial charge in [0.05, 0.1) is 5.56 Å². The lowest BCUT2D eigenvalue weighted by Crippen LogP contribution is -2.12. The summed E-state index contributed by atoms with van der Waals surface area (Å²) >= 11 is 3.21. The van der Waals surface area contributed by atoms with E-state index < -0.39 is 11.7 Å². The largest absolute Gasteiger partial charge is 0.453 e. The van der Waals surface area contributed by atoms with E-state index >= 15 is 0 Å². The van der Waals surface area contributed by atoms with Crippen molar-refractivity contribution < 1.29 is 13.9 Å². The minimum atomic E-state index is -0.697. The first-order valence-corrected chi connectivity index (χ1v) is 6.09. The average molecular weight is 325 g/mol. The second-order valence-electron chi connectivity index (χ2n) is 3.80. The second-order valence-corrected chi connectivity index (χ2v) is 4.71. The lowest BCUT2D eigenvalue weighted by atomic mass is 10.1. The minimum Gasteiger partial charge on any atom is -0.453 e. The number of halogens is 2. The molecule has 2 aromatic rings. The maximum atomic E-state index is 13.6. The smallest absolute Gasteiger partial charge is 0.252 e. The number of nitrogens with two attached hydrogens (primary N) is 2. The predicted molar refractivity (Wildman–Crippen MR) is 73.5 cm³/mol. The molecule has 0 unspecified atom stereocenters. The maximum Gasteiger partial charge on any atom is 0.252 e. The van der Waals surface area contributed by atoms with E-state index in [9.17, 15) is 9.18 Å². The van der Waals surface area contributed by atoms with E-state index in [-0.39, 0.29) is 17.1 Å². The predicted octanol–water partition coefficient (Wildman–Crippen LogP) is 3.06. The number of ether oxygens (including phenoxy) is 1. The van der Waals surface area contributed by atoms with Crippen molar-refractivity contribution in [2.75, 3.05) is 5.73 Å². The number of rotatable bonds is 3. The van der Waals surface area contributed by atoms with E-state index in [2.05, 4.69) is 15.9 Å². The van der Waals surface area contributed by atoms with Crippen LogP contribution in [0.25, 0.3) is 0 Å². The van der Waals surface area contributed by atoms with Crippen molar-refractivity contribution >= 4 is 27.5 Å². The fourth-order valence-electron chi connectivity index (χ4n) is 1.50. The average Bonchev–Trinajstić information content (AvgIpc) is 2.35. The molecule has 0 aliphatic rings. The summed E-state index contributed by atoms with van der Waals surface area (Å²) in [6.45, 7) is 0. The SMILES string of the molecule is NC(=O)c1cc(N)ccc1Oc1cc(Br)ccc1F. The third-order valence-corrected chi connectivity index (χ3v) is 2.88. The van der Waals surface area contributed by atoms with Gasteiger partial charge in [-0.1, -0.05) is 15.9 Å². The number of benzene rings is 2. The summed E-state index contributed by atoms with van der Waals surface area (Å²) in [7, 11) is 0. The van der Waals surface area contributed by atoms with Crippen LogP contribution in [0.3, 0.4) is 0 Å². The molecule has 0 aromatic heterocycles. The van der Waals surface area contributed by atoms with E-state index in [1.54, 1.807) is 6.07 Å². The highest BCUT2D eigenvalue weighted by molar-refractivity contribution is 9.10. The van der Waals surface area contributed by atoms with Gasteiger partial charge in [0, 0.05) is 10.2 Å². The van der Waals surface area contributed by atoms with Gasteiger partial charge in [-0.15, -0.1) is 0 Å². The number of hydrogen-bond donors (Lipinski definition) is 2. The summed E-state index contributed by atoms with van der Waals surface area (Å²) in [4.78, 5) is 11.3. The van der Waals surface area contributed by atoms with Crippen molar-refractivity contribution in [3.8, 4) is 11.5 Å². The molecule has 4 N–H and O–H groups in total. The Balaban J connectivity index is 2.43. The van der Waals surface area contributed by atoms with Crippen LogP contribution in [0.4, 0.5) is 10.1 Å². The third-order valence-electron chi connectivity index (χ3n) is 2.38. The number of carbonyl (C=O) groups excluding carboxylic acids is 1. The highest BCUT2D eigenvalue weighted by atomic mass is 79.9. The van der Waals surface area contributed by atoms with Crippen LogP contribution in [0.15, 0.2) is 40.9 Å². The Kier molecular flexibility index (Phi) is 3.71. The maximum absolute atomic E-state index is 13.6. The summed E-state index contributed by atoms with van der Waals surface area (Å²) in [5, 5.41) is 0. The Morgan fingerprint density at radius 1 is 1.16 bits per heavy atom. The van der Waals surface area contributed by atoms with Crippen LogP contribution < -0.4 is 16.2 Å². The van der Waals surface area contributed by atoms with Gasteiger partial charge in [-0.05, 0) is 36.4 Å². The molecule has 0 spiro atoms. The van der Waals surface area contributed by atoms with Crippen molar-refractivity contribution in [3.05, 3.63) is 52.3 Å². The molecule has 0 aliphatic carbocycles. The van der Waals surface area contributed by atoms with E-state index in [1.165, 1.54) is 30.3 Å². The van der Waals surface area contributed by atoms with Crippen LogP contribution >= 0.6 is 15.9 Å². The van der Waals surface area contributed by atoms with Crippen molar-refractivity contribution in [1.29, 1.82) is 0 Å². The van der Waals surface area contributed by atoms with Gasteiger partial charge in [-0.3, -0.25) is 4.79 Å². The first-order chi connectivity index (χ1) is 8.97. The minimum absolute atomic E-state index is 0.0124. The van der Waals surface area contributed by atoms with Gasteiger partial charge in [0.1, 0.15) is 5.75 Å². The van der Waals surface area contributed by atoms with Crippen LogP contribution in [-0.4, -0.2) is 5.91 Å². The van der Waals surface area contributed by atoms with Gasteiger partial charge >= 0.3 is 0 Å². The van der Waals surface area contributed by atoms with Gasteiger partial charge in [0.2, 0.25) is 0 Å². The fourth-order valence-corrected chi connectivity index (χ4v) is 1.84. The first kappa shape index (κ1) is 13.4. The fraction of sp³-hybridized carbons (Fsp3) is 0. The highest BCUT2D eigenvalue weighted by Gasteiger charge is 2.13. The number of nitrogen functional groups attached to an aromatic ring is 1. The number of carbonyl (C=O) groups is 1. The molecule has 0 radical (unpaired) electrons. The zero-order valence-electron chi connectivity index (χ0n) is 9.69. The molecule has 0 saturated heterocycles. The van der Waals surface area contributed by atoms with Crippen LogP contribution in [0.5, 0.6) is 11.5 Å². The lowest BCUT2D eigenvalue weighted by Gasteiger charge is -2.10. The molecule has 4 nitrogen and oxygen atoms in total. The van der Waals surface area contributed by atoms with Crippen molar-refractivity contribution in [3.63, 3.8) is 0 Å². The molecule has 0 atom stereocenters. The quantitative estimate of drug-likeness (QED) is 0.851. The molecule has 0 bridgehead atoms. The molecule has 0 heterocycles. The van der Waals surface area contributed by atoms with Crippen molar-refractivity contribution in [2.24, 2.45) is 5.73 Å². The monoisotopic (exact) mass is 324 g/mol. The molecular formula is C13H10BrFN2O2. The van der Waals surface area contributed by atoms with E-state index in [0.29, 0.717) is 10.2 Å². The van der Waals surface area contributed by atoms with Gasteiger partial charge in [-0.25, -0.2) is 4.39 Å². The van der Waals surface area contributed by atoms with E-state index in [1.807, 2.05) is 0 Å². The molecule has 2 aromatic carbocycles. The molecule has 98 valence electrons. The van der Waals surface area contributed by atoms with Crippen LogP contribution in [0.2, 0.25) is 0 Å². The van der Waals surface area contributed by atoms with Gasteiger partial charge in [-0.2, -0.15) is 0 Å². The Morgan fingerprint density at radius 3 is 2.58 bits per heavy atom. The zero-order valence-corrected chi connectivity index (χ0v) is 11.3. The summed E-state index contributed by atoms with van der Waals surface area (Å²) in [6.07, 6.45) is 0.